The molecule has 4 nitrogen and oxygen atoms in total. The van der Waals surface area contributed by atoms with E-state index < -0.39 is 0 Å². The summed E-state index contributed by atoms with van der Waals surface area (Å²) >= 11 is 7.62. The van der Waals surface area contributed by atoms with Gasteiger partial charge in [0.05, 0.1) is 0 Å². The number of hydrogen-bond acceptors (Lipinski definition) is 5. The van der Waals surface area contributed by atoms with Crippen LogP contribution in [0.2, 0.25) is 0 Å². The standard InChI is InChI=1S/C12H11ClN2O2S/c1-7(13)12-14-11(15-17-12)9-6-18-10-5-3-2-4-8(10)16-9/h2-5,7,9H,6H2,1H3. The highest BCUT2D eigenvalue weighted by molar-refractivity contribution is 7.99. The number of benzene rings is 1. The maximum atomic E-state index is 5.89. The summed E-state index contributed by atoms with van der Waals surface area (Å²) in [6.07, 6.45) is -0.183. The third-order valence-electron chi connectivity index (χ3n) is 2.59. The van der Waals surface area contributed by atoms with Gasteiger partial charge in [0.2, 0.25) is 11.7 Å². The second-order valence-corrected chi connectivity index (χ2v) is 5.69. The zero-order valence-corrected chi connectivity index (χ0v) is 11.2. The Kier molecular flexibility index (Phi) is 3.18. The Balaban J connectivity index is 1.83. The molecule has 0 saturated heterocycles. The average Bonchev–Trinajstić information content (AvgIpc) is 2.88. The molecular weight excluding hydrogens is 272 g/mol. The van der Waals surface area contributed by atoms with Gasteiger partial charge in [0.1, 0.15) is 11.1 Å². The summed E-state index contributed by atoms with van der Waals surface area (Å²) in [6, 6.07) is 7.93. The molecule has 0 fully saturated rings. The van der Waals surface area contributed by atoms with Crippen LogP contribution in [-0.2, 0) is 0 Å². The quantitative estimate of drug-likeness (QED) is 0.788. The lowest BCUT2D eigenvalue weighted by Crippen LogP contribution is -2.16. The molecule has 0 amide bonds. The number of para-hydroxylation sites is 1. The number of halogens is 1. The summed E-state index contributed by atoms with van der Waals surface area (Å²) < 4.78 is 10.9. The molecule has 2 atom stereocenters. The van der Waals surface area contributed by atoms with Crippen molar-refractivity contribution in [2.45, 2.75) is 23.3 Å². The Morgan fingerprint density at radius 3 is 3.06 bits per heavy atom. The van der Waals surface area contributed by atoms with Crippen LogP contribution in [0.25, 0.3) is 0 Å². The number of fused-ring (bicyclic) bond motifs is 1. The minimum Gasteiger partial charge on any atom is -0.480 e. The van der Waals surface area contributed by atoms with Crippen molar-refractivity contribution in [3.8, 4) is 5.75 Å². The predicted molar refractivity (Wildman–Crippen MR) is 69.1 cm³/mol. The van der Waals surface area contributed by atoms with E-state index in [1.807, 2.05) is 24.3 Å². The fraction of sp³-hybridized carbons (Fsp3) is 0.333. The Morgan fingerprint density at radius 1 is 1.44 bits per heavy atom. The van der Waals surface area contributed by atoms with Crippen LogP contribution in [0.4, 0.5) is 0 Å². The fourth-order valence-corrected chi connectivity index (χ4v) is 2.76. The molecule has 0 bridgehead atoms. The molecule has 0 aliphatic carbocycles. The van der Waals surface area contributed by atoms with E-state index in [9.17, 15) is 0 Å². The van der Waals surface area contributed by atoms with Crippen molar-refractivity contribution in [3.63, 3.8) is 0 Å². The minimum atomic E-state index is -0.283. The lowest BCUT2D eigenvalue weighted by atomic mass is 10.3. The Labute approximate surface area is 114 Å². The van der Waals surface area contributed by atoms with E-state index in [-0.39, 0.29) is 11.5 Å². The van der Waals surface area contributed by atoms with Gasteiger partial charge < -0.3 is 9.26 Å². The monoisotopic (exact) mass is 282 g/mol. The van der Waals surface area contributed by atoms with Gasteiger partial charge in [-0.1, -0.05) is 17.3 Å². The van der Waals surface area contributed by atoms with Crippen LogP contribution in [-0.4, -0.2) is 15.9 Å². The van der Waals surface area contributed by atoms with E-state index in [1.165, 1.54) is 0 Å². The highest BCUT2D eigenvalue weighted by Gasteiger charge is 2.26. The van der Waals surface area contributed by atoms with Gasteiger partial charge >= 0.3 is 0 Å². The van der Waals surface area contributed by atoms with Crippen molar-refractivity contribution >= 4 is 23.4 Å². The molecule has 3 rings (SSSR count). The van der Waals surface area contributed by atoms with E-state index in [2.05, 4.69) is 10.1 Å². The Morgan fingerprint density at radius 2 is 2.28 bits per heavy atom. The topological polar surface area (TPSA) is 48.2 Å². The van der Waals surface area contributed by atoms with Crippen LogP contribution in [0.15, 0.2) is 33.7 Å². The summed E-state index contributed by atoms with van der Waals surface area (Å²) in [7, 11) is 0. The lowest BCUT2D eigenvalue weighted by Gasteiger charge is -2.22. The van der Waals surface area contributed by atoms with Gasteiger partial charge in [-0.2, -0.15) is 4.98 Å². The maximum absolute atomic E-state index is 5.89. The van der Waals surface area contributed by atoms with Crippen molar-refractivity contribution in [1.82, 2.24) is 10.1 Å². The van der Waals surface area contributed by atoms with E-state index in [0.717, 1.165) is 16.4 Å². The third-order valence-corrected chi connectivity index (χ3v) is 3.90. The number of ether oxygens (including phenoxy) is 1. The molecule has 1 aliphatic heterocycles. The van der Waals surface area contributed by atoms with Gasteiger partial charge in [-0.25, -0.2) is 0 Å². The third kappa shape index (κ3) is 2.20. The predicted octanol–water partition coefficient (Wildman–Crippen LogP) is 3.60. The summed E-state index contributed by atoms with van der Waals surface area (Å²) in [5.41, 5.74) is 0. The van der Waals surface area contributed by atoms with E-state index in [0.29, 0.717) is 11.7 Å². The van der Waals surface area contributed by atoms with Gasteiger partial charge in [0.15, 0.2) is 6.10 Å². The molecule has 6 heteroatoms. The molecule has 1 aromatic carbocycles. The molecule has 1 aromatic heterocycles. The number of hydrogen-bond donors (Lipinski definition) is 0. The Bertz CT molecular complexity index is 559. The highest BCUT2D eigenvalue weighted by Crippen LogP contribution is 2.39. The first-order valence-corrected chi connectivity index (χ1v) is 7.02. The normalized spacial score (nSPS) is 20.0. The SMILES string of the molecule is CC(Cl)c1nc(C2CSc3ccccc3O2)no1. The van der Waals surface area contributed by atoms with E-state index in [4.69, 9.17) is 20.9 Å². The zero-order valence-electron chi connectivity index (χ0n) is 9.67. The molecule has 18 heavy (non-hydrogen) atoms. The fourth-order valence-electron chi connectivity index (χ4n) is 1.69. The molecule has 0 N–H and O–H groups in total. The molecule has 1 aliphatic rings. The van der Waals surface area contributed by atoms with Crippen LogP contribution < -0.4 is 4.74 Å². The summed E-state index contributed by atoms with van der Waals surface area (Å²) in [4.78, 5) is 5.40. The number of rotatable bonds is 2. The van der Waals surface area contributed by atoms with Gasteiger partial charge in [0, 0.05) is 10.6 Å². The molecule has 2 unspecified atom stereocenters. The van der Waals surface area contributed by atoms with Crippen LogP contribution in [0.5, 0.6) is 5.75 Å². The number of aromatic nitrogens is 2. The number of thioether (sulfide) groups is 1. The van der Waals surface area contributed by atoms with Gasteiger partial charge in [-0.15, -0.1) is 23.4 Å². The second kappa shape index (κ2) is 4.82. The summed E-state index contributed by atoms with van der Waals surface area (Å²) in [5, 5.41) is 3.64. The molecule has 0 spiro atoms. The first kappa shape index (κ1) is 11.9. The van der Waals surface area contributed by atoms with Gasteiger partial charge in [-0.05, 0) is 19.1 Å². The highest BCUT2D eigenvalue weighted by atomic mass is 35.5. The molecule has 94 valence electrons. The summed E-state index contributed by atoms with van der Waals surface area (Å²) in [5.74, 6) is 2.62. The second-order valence-electron chi connectivity index (χ2n) is 3.97. The number of nitrogens with zero attached hydrogens (tertiary/aromatic N) is 2. The van der Waals surface area contributed by atoms with E-state index >= 15 is 0 Å². The summed E-state index contributed by atoms with van der Waals surface area (Å²) in [6.45, 7) is 1.80. The molecule has 2 aromatic rings. The lowest BCUT2D eigenvalue weighted by molar-refractivity contribution is 0.205. The molecule has 0 radical (unpaired) electrons. The largest absolute Gasteiger partial charge is 0.480 e. The number of alkyl halides is 1. The van der Waals surface area contributed by atoms with Gasteiger partial charge in [-0.3, -0.25) is 0 Å². The zero-order chi connectivity index (χ0) is 12.5. The molecule has 2 heterocycles. The van der Waals surface area contributed by atoms with Crippen molar-refractivity contribution in [1.29, 1.82) is 0 Å². The maximum Gasteiger partial charge on any atom is 0.244 e. The van der Waals surface area contributed by atoms with Crippen LogP contribution >= 0.6 is 23.4 Å². The van der Waals surface area contributed by atoms with Gasteiger partial charge in [0.25, 0.3) is 0 Å². The minimum absolute atomic E-state index is 0.183. The van der Waals surface area contributed by atoms with Crippen LogP contribution in [0.3, 0.4) is 0 Å². The van der Waals surface area contributed by atoms with Crippen molar-refractivity contribution < 1.29 is 9.26 Å². The van der Waals surface area contributed by atoms with Crippen molar-refractivity contribution in [2.24, 2.45) is 0 Å². The van der Waals surface area contributed by atoms with Crippen LogP contribution in [0.1, 0.15) is 30.1 Å². The van der Waals surface area contributed by atoms with Crippen molar-refractivity contribution in [2.75, 3.05) is 5.75 Å². The first-order chi connectivity index (χ1) is 8.74. The molecule has 0 saturated carbocycles. The average molecular weight is 283 g/mol. The first-order valence-electron chi connectivity index (χ1n) is 5.60. The van der Waals surface area contributed by atoms with Crippen molar-refractivity contribution in [3.05, 3.63) is 36.0 Å². The Hall–Kier alpha value is -1.20. The van der Waals surface area contributed by atoms with E-state index in [1.54, 1.807) is 18.7 Å². The van der Waals surface area contributed by atoms with Crippen LogP contribution in [0, 0.1) is 0 Å². The molecular formula is C12H11ClN2O2S. The smallest absolute Gasteiger partial charge is 0.244 e.